The number of anilines is 3. The Morgan fingerprint density at radius 3 is 2.61 bits per heavy atom. The van der Waals surface area contributed by atoms with Crippen LogP contribution in [0.2, 0.25) is 0 Å². The molecule has 0 saturated heterocycles. The molecule has 1 aromatic carbocycles. The summed E-state index contributed by atoms with van der Waals surface area (Å²) >= 11 is 0. The largest absolute Gasteiger partial charge is 0.424 e. The second kappa shape index (κ2) is 6.04. The van der Waals surface area contributed by atoms with Crippen LogP contribution in [0.15, 0.2) is 16.5 Å². The van der Waals surface area contributed by atoms with Crippen LogP contribution in [-0.2, 0) is 6.54 Å². The molecule has 0 radical (unpaired) electrons. The van der Waals surface area contributed by atoms with E-state index >= 15 is 4.39 Å². The van der Waals surface area contributed by atoms with Crippen LogP contribution in [0.1, 0.15) is 27.2 Å². The third-order valence-electron chi connectivity index (χ3n) is 4.94. The van der Waals surface area contributed by atoms with Gasteiger partial charge in [-0.1, -0.05) is 20.8 Å². The van der Waals surface area contributed by atoms with Gasteiger partial charge in [-0.25, -0.2) is 9.07 Å². The van der Waals surface area contributed by atoms with Crippen molar-refractivity contribution in [1.29, 1.82) is 0 Å². The normalized spacial score (nSPS) is 12.3. The second-order valence-corrected chi connectivity index (χ2v) is 7.52. The SMILES string of the molecule is CCC(C)(C)Cn1nc(-c2ccc3oc(N)nc3c2F)c2c(N)nc(N)nc21. The summed E-state index contributed by atoms with van der Waals surface area (Å²) in [5.41, 5.74) is 18.7. The molecule has 0 aliphatic rings. The van der Waals surface area contributed by atoms with E-state index in [1.807, 2.05) is 0 Å². The van der Waals surface area contributed by atoms with Crippen molar-refractivity contribution in [3.8, 4) is 11.3 Å². The molecule has 0 spiro atoms. The van der Waals surface area contributed by atoms with E-state index in [4.69, 9.17) is 21.6 Å². The fourth-order valence-corrected chi connectivity index (χ4v) is 3.09. The highest BCUT2D eigenvalue weighted by atomic mass is 19.1. The number of benzene rings is 1. The molecule has 0 fully saturated rings. The van der Waals surface area contributed by atoms with Crippen molar-refractivity contribution in [3.05, 3.63) is 17.9 Å². The molecule has 0 bridgehead atoms. The topological polar surface area (TPSA) is 148 Å². The number of oxazole rings is 1. The molecule has 0 amide bonds. The van der Waals surface area contributed by atoms with E-state index in [0.717, 1.165) is 6.42 Å². The smallest absolute Gasteiger partial charge is 0.293 e. The van der Waals surface area contributed by atoms with Crippen LogP contribution < -0.4 is 17.2 Å². The molecule has 28 heavy (non-hydrogen) atoms. The third-order valence-corrected chi connectivity index (χ3v) is 4.94. The van der Waals surface area contributed by atoms with Gasteiger partial charge >= 0.3 is 0 Å². The van der Waals surface area contributed by atoms with E-state index < -0.39 is 5.82 Å². The van der Waals surface area contributed by atoms with Crippen molar-refractivity contribution in [2.24, 2.45) is 5.41 Å². The van der Waals surface area contributed by atoms with Crippen molar-refractivity contribution < 1.29 is 8.81 Å². The van der Waals surface area contributed by atoms with Gasteiger partial charge in [0.2, 0.25) is 5.95 Å². The maximum atomic E-state index is 15.2. The van der Waals surface area contributed by atoms with Crippen molar-refractivity contribution in [2.75, 3.05) is 17.2 Å². The molecule has 0 aliphatic heterocycles. The van der Waals surface area contributed by atoms with Crippen LogP contribution in [0, 0.1) is 11.2 Å². The minimum absolute atomic E-state index is 0.0292. The Bertz CT molecular complexity index is 1210. The van der Waals surface area contributed by atoms with Crippen LogP contribution >= 0.6 is 0 Å². The van der Waals surface area contributed by atoms with Gasteiger partial charge in [-0.2, -0.15) is 20.1 Å². The molecule has 0 aliphatic carbocycles. The Labute approximate surface area is 159 Å². The van der Waals surface area contributed by atoms with E-state index in [1.165, 1.54) is 0 Å². The lowest BCUT2D eigenvalue weighted by Gasteiger charge is -2.22. The number of nitrogen functional groups attached to an aromatic ring is 3. The standard InChI is InChI=1S/C18H21FN8O/c1-4-18(2,3)7-27-15-10(14(20)24-16(21)25-15)12(26-27)8-5-6-9-13(11(8)19)23-17(22)28-9/h5-6H,4,7H2,1-3H3,(H2,22,23)(H4,20,21,24,25). The van der Waals surface area contributed by atoms with Gasteiger partial charge in [0.1, 0.15) is 17.0 Å². The fraction of sp³-hybridized carbons (Fsp3) is 0.333. The van der Waals surface area contributed by atoms with Crippen LogP contribution in [0.3, 0.4) is 0 Å². The highest BCUT2D eigenvalue weighted by molar-refractivity contribution is 6.00. The molecule has 3 heterocycles. The monoisotopic (exact) mass is 384 g/mol. The molecule has 0 unspecified atom stereocenters. The van der Waals surface area contributed by atoms with Crippen LogP contribution in [0.5, 0.6) is 0 Å². The number of rotatable bonds is 4. The Balaban J connectivity index is 2.01. The molecule has 4 aromatic rings. The quantitative estimate of drug-likeness (QED) is 0.486. The molecule has 3 aromatic heterocycles. The van der Waals surface area contributed by atoms with Gasteiger partial charge in [0.15, 0.2) is 17.0 Å². The first-order valence-electron chi connectivity index (χ1n) is 8.84. The van der Waals surface area contributed by atoms with Gasteiger partial charge < -0.3 is 21.6 Å². The zero-order valence-corrected chi connectivity index (χ0v) is 15.8. The molecular formula is C18H21FN8O. The number of nitrogens with zero attached hydrogens (tertiary/aromatic N) is 5. The molecular weight excluding hydrogens is 363 g/mol. The Morgan fingerprint density at radius 1 is 1.14 bits per heavy atom. The van der Waals surface area contributed by atoms with E-state index in [1.54, 1.807) is 16.8 Å². The molecule has 146 valence electrons. The van der Waals surface area contributed by atoms with Gasteiger partial charge in [-0.3, -0.25) is 0 Å². The van der Waals surface area contributed by atoms with Gasteiger partial charge in [0.25, 0.3) is 6.01 Å². The Morgan fingerprint density at radius 2 is 1.89 bits per heavy atom. The van der Waals surface area contributed by atoms with Gasteiger partial charge in [0.05, 0.1) is 5.39 Å². The summed E-state index contributed by atoms with van der Waals surface area (Å²) in [6.07, 6.45) is 0.915. The van der Waals surface area contributed by atoms with E-state index in [2.05, 4.69) is 40.8 Å². The molecule has 4 rings (SSSR count). The van der Waals surface area contributed by atoms with E-state index in [9.17, 15) is 0 Å². The van der Waals surface area contributed by atoms with Crippen LogP contribution in [0.4, 0.5) is 22.2 Å². The Kier molecular flexibility index (Phi) is 3.88. The number of hydrogen-bond donors (Lipinski definition) is 3. The molecule has 6 N–H and O–H groups in total. The maximum absolute atomic E-state index is 15.2. The van der Waals surface area contributed by atoms with Crippen molar-refractivity contribution in [2.45, 2.75) is 33.7 Å². The molecule has 10 heteroatoms. The van der Waals surface area contributed by atoms with Crippen molar-refractivity contribution in [3.63, 3.8) is 0 Å². The second-order valence-electron chi connectivity index (χ2n) is 7.52. The lowest BCUT2D eigenvalue weighted by atomic mass is 9.90. The average molecular weight is 384 g/mol. The zero-order chi connectivity index (χ0) is 20.2. The highest BCUT2D eigenvalue weighted by Gasteiger charge is 2.25. The highest BCUT2D eigenvalue weighted by Crippen LogP contribution is 2.36. The first-order valence-corrected chi connectivity index (χ1v) is 8.84. The number of hydrogen-bond acceptors (Lipinski definition) is 8. The van der Waals surface area contributed by atoms with Gasteiger partial charge in [0, 0.05) is 12.1 Å². The van der Waals surface area contributed by atoms with E-state index in [0.29, 0.717) is 23.3 Å². The fourth-order valence-electron chi connectivity index (χ4n) is 3.09. The lowest BCUT2D eigenvalue weighted by molar-refractivity contribution is 0.284. The zero-order valence-electron chi connectivity index (χ0n) is 15.8. The summed E-state index contributed by atoms with van der Waals surface area (Å²) in [4.78, 5) is 12.3. The summed E-state index contributed by atoms with van der Waals surface area (Å²) in [6, 6.07) is 3.03. The van der Waals surface area contributed by atoms with Gasteiger partial charge in [-0.15, -0.1) is 0 Å². The first-order chi connectivity index (χ1) is 13.2. The average Bonchev–Trinajstić information content (AvgIpc) is 3.16. The van der Waals surface area contributed by atoms with Crippen molar-refractivity contribution >= 4 is 39.9 Å². The first kappa shape index (κ1) is 18.0. The number of nitrogens with two attached hydrogens (primary N) is 3. The summed E-state index contributed by atoms with van der Waals surface area (Å²) in [5.74, 6) is -0.431. The molecule has 0 atom stereocenters. The summed E-state index contributed by atoms with van der Waals surface area (Å²) in [6.45, 7) is 6.86. The molecule has 9 nitrogen and oxygen atoms in total. The summed E-state index contributed by atoms with van der Waals surface area (Å²) in [7, 11) is 0. The van der Waals surface area contributed by atoms with Crippen LogP contribution in [0.25, 0.3) is 33.4 Å². The molecule has 0 saturated carbocycles. The summed E-state index contributed by atoms with van der Waals surface area (Å²) < 4.78 is 22.1. The predicted molar refractivity (Wildman–Crippen MR) is 106 cm³/mol. The maximum Gasteiger partial charge on any atom is 0.293 e. The minimum Gasteiger partial charge on any atom is -0.424 e. The van der Waals surface area contributed by atoms with Crippen LogP contribution in [-0.4, -0.2) is 24.7 Å². The minimum atomic E-state index is -0.601. The number of halogens is 1. The Hall–Kier alpha value is -3.43. The van der Waals surface area contributed by atoms with Crippen molar-refractivity contribution in [1.82, 2.24) is 24.7 Å². The third kappa shape index (κ3) is 2.77. The lowest BCUT2D eigenvalue weighted by Crippen LogP contribution is -2.20. The van der Waals surface area contributed by atoms with E-state index in [-0.39, 0.29) is 39.9 Å². The predicted octanol–water partition coefficient (Wildman–Crippen LogP) is 2.96. The summed E-state index contributed by atoms with van der Waals surface area (Å²) in [5, 5.41) is 5.06. The number of aromatic nitrogens is 5. The number of fused-ring (bicyclic) bond motifs is 2. The van der Waals surface area contributed by atoms with Gasteiger partial charge in [-0.05, 0) is 24.0 Å².